The van der Waals surface area contributed by atoms with Crippen LogP contribution in [0, 0.1) is 5.92 Å². The average molecular weight is 421 g/mol. The molecule has 4 rings (SSSR count). The Hall–Kier alpha value is -2.82. The summed E-state index contributed by atoms with van der Waals surface area (Å²) in [6, 6.07) is 25.1. The highest BCUT2D eigenvalue weighted by Crippen LogP contribution is 2.25. The number of carbonyl (C=O) groups excluding carboxylic acids is 1. The molecule has 4 nitrogen and oxygen atoms in total. The molecule has 1 fully saturated rings. The number of ether oxygens (including phenoxy) is 1. The molecule has 0 radical (unpaired) electrons. The summed E-state index contributed by atoms with van der Waals surface area (Å²) in [4.78, 5) is 15.0. The van der Waals surface area contributed by atoms with Crippen LogP contribution in [0.5, 0.6) is 11.5 Å². The molecule has 1 saturated heterocycles. The Morgan fingerprint density at radius 1 is 0.900 bits per heavy atom. The van der Waals surface area contributed by atoms with Gasteiger partial charge < -0.3 is 10.1 Å². The Morgan fingerprint density at radius 2 is 1.53 bits per heavy atom. The Bertz CT molecular complexity index is 968. The molecular weight excluding hydrogens is 396 g/mol. The second kappa shape index (κ2) is 9.79. The third-order valence-corrected chi connectivity index (χ3v) is 5.78. The summed E-state index contributed by atoms with van der Waals surface area (Å²) < 4.78 is 5.80. The van der Waals surface area contributed by atoms with Crippen LogP contribution in [0.4, 0.5) is 5.69 Å². The van der Waals surface area contributed by atoms with Gasteiger partial charge in [0.25, 0.3) is 0 Å². The van der Waals surface area contributed by atoms with Crippen LogP contribution < -0.4 is 10.1 Å². The maximum atomic E-state index is 12.7. The van der Waals surface area contributed by atoms with Gasteiger partial charge in [0.2, 0.25) is 5.91 Å². The van der Waals surface area contributed by atoms with Crippen LogP contribution >= 0.6 is 11.6 Å². The van der Waals surface area contributed by atoms with Gasteiger partial charge in [-0.15, -0.1) is 0 Å². The number of hydrogen-bond donors (Lipinski definition) is 1. The number of nitrogens with one attached hydrogen (secondary N) is 1. The molecule has 1 aliphatic heterocycles. The van der Waals surface area contributed by atoms with Gasteiger partial charge in [-0.3, -0.25) is 9.69 Å². The Balaban J connectivity index is 1.26. The standard InChI is InChI=1S/C25H25ClN2O2/c26-24-9-5-4-6-20(24)18-28-16-14-19(15-17-28)25(29)27-21-10-12-23(13-11-21)30-22-7-2-1-3-8-22/h1-13,19H,14-18H2,(H,27,29). The molecular formula is C25H25ClN2O2. The number of para-hydroxylation sites is 1. The van der Waals surface area contributed by atoms with Gasteiger partial charge in [-0.2, -0.15) is 0 Å². The zero-order valence-corrected chi connectivity index (χ0v) is 17.5. The highest BCUT2D eigenvalue weighted by atomic mass is 35.5. The summed E-state index contributed by atoms with van der Waals surface area (Å²) in [6.07, 6.45) is 1.71. The molecule has 5 heteroatoms. The van der Waals surface area contributed by atoms with E-state index in [2.05, 4.69) is 16.3 Å². The lowest BCUT2D eigenvalue weighted by molar-refractivity contribution is -0.121. The van der Waals surface area contributed by atoms with Crippen molar-refractivity contribution >= 4 is 23.2 Å². The lowest BCUT2D eigenvalue weighted by atomic mass is 9.95. The Morgan fingerprint density at radius 3 is 2.23 bits per heavy atom. The molecule has 30 heavy (non-hydrogen) atoms. The molecule has 0 atom stereocenters. The molecule has 1 N–H and O–H groups in total. The molecule has 1 aliphatic rings. The van der Waals surface area contributed by atoms with E-state index >= 15 is 0 Å². The fraction of sp³-hybridized carbons (Fsp3) is 0.240. The van der Waals surface area contributed by atoms with Crippen LogP contribution in [0.2, 0.25) is 5.02 Å². The number of likely N-dealkylation sites (tertiary alicyclic amines) is 1. The molecule has 0 bridgehead atoms. The van der Waals surface area contributed by atoms with Gasteiger partial charge in [-0.25, -0.2) is 0 Å². The van der Waals surface area contributed by atoms with Gasteiger partial charge in [-0.1, -0.05) is 48.0 Å². The average Bonchev–Trinajstić information content (AvgIpc) is 2.78. The van der Waals surface area contributed by atoms with Crippen molar-refractivity contribution in [3.63, 3.8) is 0 Å². The van der Waals surface area contributed by atoms with Crippen molar-refractivity contribution < 1.29 is 9.53 Å². The first-order valence-corrected chi connectivity index (χ1v) is 10.6. The summed E-state index contributed by atoms with van der Waals surface area (Å²) in [5, 5.41) is 3.85. The van der Waals surface area contributed by atoms with Crippen molar-refractivity contribution in [1.29, 1.82) is 0 Å². The Kier molecular flexibility index (Phi) is 6.67. The topological polar surface area (TPSA) is 41.6 Å². The monoisotopic (exact) mass is 420 g/mol. The molecule has 1 heterocycles. The first kappa shape index (κ1) is 20.5. The number of benzene rings is 3. The molecule has 154 valence electrons. The summed E-state index contributed by atoms with van der Waals surface area (Å²) in [5.74, 6) is 1.65. The number of rotatable bonds is 6. The normalized spacial score (nSPS) is 15.0. The quantitative estimate of drug-likeness (QED) is 0.533. The van der Waals surface area contributed by atoms with Gasteiger partial charge in [-0.05, 0) is 74.0 Å². The van der Waals surface area contributed by atoms with Crippen molar-refractivity contribution in [2.45, 2.75) is 19.4 Å². The molecule has 0 saturated carbocycles. The number of amides is 1. The zero-order chi connectivity index (χ0) is 20.8. The van der Waals surface area contributed by atoms with Crippen LogP contribution in [0.3, 0.4) is 0 Å². The molecule has 0 unspecified atom stereocenters. The predicted molar refractivity (Wildman–Crippen MR) is 121 cm³/mol. The van der Waals surface area contributed by atoms with Crippen molar-refractivity contribution in [2.24, 2.45) is 5.92 Å². The van der Waals surface area contributed by atoms with Crippen LogP contribution in [-0.2, 0) is 11.3 Å². The molecule has 1 amide bonds. The second-order valence-corrected chi connectivity index (χ2v) is 7.98. The van der Waals surface area contributed by atoms with E-state index in [0.29, 0.717) is 0 Å². The molecule has 3 aromatic carbocycles. The fourth-order valence-electron chi connectivity index (χ4n) is 3.70. The first-order chi connectivity index (χ1) is 14.7. The van der Waals surface area contributed by atoms with E-state index in [0.717, 1.165) is 60.2 Å². The number of nitrogens with zero attached hydrogens (tertiary/aromatic N) is 1. The summed E-state index contributed by atoms with van der Waals surface area (Å²) in [5.41, 5.74) is 1.93. The van der Waals surface area contributed by atoms with Crippen LogP contribution in [0.1, 0.15) is 18.4 Å². The Labute approximate surface area is 182 Å². The summed E-state index contributed by atoms with van der Waals surface area (Å²) >= 11 is 6.27. The van der Waals surface area contributed by atoms with Crippen molar-refractivity contribution in [1.82, 2.24) is 4.90 Å². The summed E-state index contributed by atoms with van der Waals surface area (Å²) in [6.45, 7) is 2.62. The largest absolute Gasteiger partial charge is 0.457 e. The van der Waals surface area contributed by atoms with Gasteiger partial charge in [0.15, 0.2) is 0 Å². The van der Waals surface area contributed by atoms with Crippen LogP contribution in [-0.4, -0.2) is 23.9 Å². The van der Waals surface area contributed by atoms with Gasteiger partial charge >= 0.3 is 0 Å². The van der Waals surface area contributed by atoms with Crippen molar-refractivity contribution in [3.8, 4) is 11.5 Å². The van der Waals surface area contributed by atoms with E-state index in [1.807, 2.05) is 72.8 Å². The predicted octanol–water partition coefficient (Wildman–Crippen LogP) is 5.98. The molecule has 0 aliphatic carbocycles. The van der Waals surface area contributed by atoms with Crippen LogP contribution in [0.25, 0.3) is 0 Å². The van der Waals surface area contributed by atoms with E-state index in [-0.39, 0.29) is 11.8 Å². The fourth-order valence-corrected chi connectivity index (χ4v) is 3.89. The molecule has 0 aromatic heterocycles. The van der Waals surface area contributed by atoms with E-state index in [1.165, 1.54) is 0 Å². The highest BCUT2D eigenvalue weighted by molar-refractivity contribution is 6.31. The molecule has 0 spiro atoms. The van der Waals surface area contributed by atoms with Gasteiger partial charge in [0, 0.05) is 23.2 Å². The third kappa shape index (κ3) is 5.41. The maximum absolute atomic E-state index is 12.7. The minimum atomic E-state index is 0.0349. The minimum absolute atomic E-state index is 0.0349. The SMILES string of the molecule is O=C(Nc1ccc(Oc2ccccc2)cc1)C1CCN(Cc2ccccc2Cl)CC1. The highest BCUT2D eigenvalue weighted by Gasteiger charge is 2.25. The van der Waals surface area contributed by atoms with Crippen molar-refractivity contribution in [3.05, 3.63) is 89.4 Å². The number of hydrogen-bond acceptors (Lipinski definition) is 3. The van der Waals surface area contributed by atoms with E-state index < -0.39 is 0 Å². The molecule has 3 aromatic rings. The van der Waals surface area contributed by atoms with E-state index in [4.69, 9.17) is 16.3 Å². The lowest BCUT2D eigenvalue weighted by Gasteiger charge is -2.31. The maximum Gasteiger partial charge on any atom is 0.227 e. The smallest absolute Gasteiger partial charge is 0.227 e. The van der Waals surface area contributed by atoms with Gasteiger partial charge in [0.1, 0.15) is 11.5 Å². The van der Waals surface area contributed by atoms with E-state index in [9.17, 15) is 4.79 Å². The van der Waals surface area contributed by atoms with E-state index in [1.54, 1.807) is 0 Å². The minimum Gasteiger partial charge on any atom is -0.457 e. The number of carbonyl (C=O) groups is 1. The first-order valence-electron chi connectivity index (χ1n) is 10.3. The third-order valence-electron chi connectivity index (χ3n) is 5.41. The van der Waals surface area contributed by atoms with Crippen LogP contribution in [0.15, 0.2) is 78.9 Å². The summed E-state index contributed by atoms with van der Waals surface area (Å²) in [7, 11) is 0. The zero-order valence-electron chi connectivity index (χ0n) is 16.8. The van der Waals surface area contributed by atoms with Gasteiger partial charge in [0.05, 0.1) is 0 Å². The lowest BCUT2D eigenvalue weighted by Crippen LogP contribution is -2.37. The second-order valence-electron chi connectivity index (χ2n) is 7.57. The van der Waals surface area contributed by atoms with Crippen molar-refractivity contribution in [2.75, 3.05) is 18.4 Å². The number of halogens is 1. The number of anilines is 1. The number of piperidine rings is 1.